The molecule has 0 aliphatic carbocycles. The van der Waals surface area contributed by atoms with E-state index in [9.17, 15) is 18.5 Å². The van der Waals surface area contributed by atoms with Gasteiger partial charge in [0.15, 0.2) is 9.84 Å². The first-order valence-corrected chi connectivity index (χ1v) is 11.2. The quantitative estimate of drug-likeness (QED) is 0.614. The number of nitrogens with zero attached hydrogens (tertiary/aromatic N) is 3. The van der Waals surface area contributed by atoms with Gasteiger partial charge in [0.2, 0.25) is 0 Å². The number of nitrogens with one attached hydrogen (secondary N) is 1. The van der Waals surface area contributed by atoms with E-state index < -0.39 is 15.7 Å². The predicted molar refractivity (Wildman–Crippen MR) is 112 cm³/mol. The van der Waals surface area contributed by atoms with Crippen LogP contribution in [0.2, 0.25) is 0 Å². The van der Waals surface area contributed by atoms with E-state index in [1.54, 1.807) is 17.7 Å². The number of carbonyl (C=O) groups excluding carboxylic acids is 1. The fraction of sp³-hybridized carbons (Fsp3) is 0.381. The molecule has 0 spiro atoms. The molecular weight excluding hydrogens is 388 g/mol. The van der Waals surface area contributed by atoms with Crippen LogP contribution in [0, 0.1) is 39.0 Å². The van der Waals surface area contributed by atoms with Crippen molar-refractivity contribution >= 4 is 27.5 Å². The Balaban J connectivity index is 1.88. The van der Waals surface area contributed by atoms with Crippen molar-refractivity contribution in [1.29, 1.82) is 5.26 Å². The molecule has 1 aromatic carbocycles. The number of aryl methyl sites for hydroxylation is 3. The van der Waals surface area contributed by atoms with E-state index in [1.165, 1.54) is 6.08 Å². The van der Waals surface area contributed by atoms with E-state index in [0.717, 1.165) is 16.8 Å². The summed E-state index contributed by atoms with van der Waals surface area (Å²) in [5.74, 6) is -0.273. The zero-order chi connectivity index (χ0) is 21.3. The molecule has 29 heavy (non-hydrogen) atoms. The Morgan fingerprint density at radius 2 is 2.00 bits per heavy atom. The number of hydrogen-bond donors (Lipinski definition) is 1. The molecule has 0 bridgehead atoms. The number of hydrogen-bond acceptors (Lipinski definition) is 5. The van der Waals surface area contributed by atoms with Crippen LogP contribution in [-0.4, -0.2) is 35.6 Å². The van der Waals surface area contributed by atoms with Crippen LogP contribution < -0.4 is 5.32 Å². The van der Waals surface area contributed by atoms with Gasteiger partial charge in [-0.15, -0.1) is 0 Å². The van der Waals surface area contributed by atoms with Crippen molar-refractivity contribution in [3.63, 3.8) is 0 Å². The molecule has 2 aromatic rings. The minimum Gasteiger partial charge on any atom is -0.321 e. The fourth-order valence-corrected chi connectivity index (χ4v) is 5.21. The maximum absolute atomic E-state index is 12.6. The second kappa shape index (κ2) is 7.84. The van der Waals surface area contributed by atoms with Gasteiger partial charge >= 0.3 is 0 Å². The van der Waals surface area contributed by atoms with Gasteiger partial charge in [-0.2, -0.15) is 10.4 Å². The van der Waals surface area contributed by atoms with E-state index in [1.807, 2.05) is 39.0 Å². The summed E-state index contributed by atoms with van der Waals surface area (Å²) >= 11 is 0. The fourth-order valence-electron chi connectivity index (χ4n) is 3.52. The molecule has 1 fully saturated rings. The van der Waals surface area contributed by atoms with Crippen molar-refractivity contribution in [1.82, 2.24) is 9.78 Å². The largest absolute Gasteiger partial charge is 0.321 e. The van der Waals surface area contributed by atoms with Crippen LogP contribution in [-0.2, 0) is 14.6 Å². The predicted octanol–water partition coefficient (Wildman–Crippen LogP) is 3.02. The highest BCUT2D eigenvalue weighted by Crippen LogP contribution is 2.28. The van der Waals surface area contributed by atoms with E-state index in [4.69, 9.17) is 0 Å². The molecule has 7 nitrogen and oxygen atoms in total. The summed E-state index contributed by atoms with van der Waals surface area (Å²) in [7, 11) is -3.04. The van der Waals surface area contributed by atoms with Crippen LogP contribution in [0.1, 0.15) is 40.5 Å². The molecule has 8 heteroatoms. The molecule has 1 amide bonds. The van der Waals surface area contributed by atoms with Gasteiger partial charge in [0.05, 0.1) is 23.2 Å². The number of benzene rings is 1. The summed E-state index contributed by atoms with van der Waals surface area (Å²) in [5, 5.41) is 16.8. The minimum atomic E-state index is -3.04. The molecule has 3 rings (SSSR count). The maximum Gasteiger partial charge on any atom is 0.266 e. The summed E-state index contributed by atoms with van der Waals surface area (Å²) < 4.78 is 25.3. The van der Waals surface area contributed by atoms with Crippen molar-refractivity contribution in [3.8, 4) is 6.07 Å². The average Bonchev–Trinajstić information content (AvgIpc) is 3.15. The lowest BCUT2D eigenvalue weighted by atomic mass is 10.1. The topological polar surface area (TPSA) is 105 Å². The molecule has 2 heterocycles. The number of nitriles is 1. The number of rotatable bonds is 4. The zero-order valence-corrected chi connectivity index (χ0v) is 17.8. The number of aromatic nitrogens is 2. The molecule has 1 aliphatic heterocycles. The minimum absolute atomic E-state index is 0.0342. The molecule has 1 aliphatic rings. The Morgan fingerprint density at radius 3 is 2.59 bits per heavy atom. The second-order valence-electron chi connectivity index (χ2n) is 7.51. The SMILES string of the molecule is Cc1ccc(NC(=O)/C(C#N)=C/c2c(C)nn([C@@H]3CCS(=O)(=O)C3)c2C)cc1C. The van der Waals surface area contributed by atoms with E-state index >= 15 is 0 Å². The monoisotopic (exact) mass is 412 g/mol. The smallest absolute Gasteiger partial charge is 0.266 e. The van der Waals surface area contributed by atoms with Crippen LogP contribution in [0.3, 0.4) is 0 Å². The highest BCUT2D eigenvalue weighted by molar-refractivity contribution is 7.91. The second-order valence-corrected chi connectivity index (χ2v) is 9.74. The molecule has 0 radical (unpaired) electrons. The van der Waals surface area contributed by atoms with Gasteiger partial charge in [-0.25, -0.2) is 8.42 Å². The summed E-state index contributed by atoms with van der Waals surface area (Å²) in [6, 6.07) is 7.31. The number of anilines is 1. The number of amides is 1. The Hall–Kier alpha value is -2.92. The third-order valence-electron chi connectivity index (χ3n) is 5.35. The van der Waals surface area contributed by atoms with Crippen molar-refractivity contribution in [2.24, 2.45) is 0 Å². The van der Waals surface area contributed by atoms with Crippen LogP contribution in [0.15, 0.2) is 23.8 Å². The molecule has 1 N–H and O–H groups in total. The van der Waals surface area contributed by atoms with Crippen LogP contribution in [0.25, 0.3) is 6.08 Å². The van der Waals surface area contributed by atoms with Gasteiger partial charge in [0, 0.05) is 16.9 Å². The highest BCUT2D eigenvalue weighted by atomic mass is 32.2. The maximum atomic E-state index is 12.6. The van der Waals surface area contributed by atoms with Gasteiger partial charge < -0.3 is 5.32 Å². The number of sulfone groups is 1. The normalized spacial score (nSPS) is 18.4. The number of carbonyl (C=O) groups is 1. The van der Waals surface area contributed by atoms with Gasteiger partial charge in [0.25, 0.3) is 5.91 Å². The first kappa shape index (κ1) is 20.8. The van der Waals surface area contributed by atoms with E-state index in [0.29, 0.717) is 23.4 Å². The first-order chi connectivity index (χ1) is 13.6. The highest BCUT2D eigenvalue weighted by Gasteiger charge is 2.31. The lowest BCUT2D eigenvalue weighted by Crippen LogP contribution is -2.14. The van der Waals surface area contributed by atoms with Gasteiger partial charge in [-0.1, -0.05) is 6.07 Å². The first-order valence-electron chi connectivity index (χ1n) is 9.38. The zero-order valence-electron chi connectivity index (χ0n) is 17.0. The standard InChI is InChI=1S/C21H24N4O3S/c1-13-5-6-18(9-14(13)2)23-21(26)17(11-22)10-20-15(3)24-25(16(20)4)19-7-8-29(27,28)12-19/h5-6,9-10,19H,7-8,12H2,1-4H3,(H,23,26)/b17-10+/t19-/m1/s1. The van der Waals surface area contributed by atoms with E-state index in [2.05, 4.69) is 10.4 Å². The molecule has 1 aromatic heterocycles. The lowest BCUT2D eigenvalue weighted by molar-refractivity contribution is -0.112. The summed E-state index contributed by atoms with van der Waals surface area (Å²) in [5.41, 5.74) is 4.82. The van der Waals surface area contributed by atoms with Gasteiger partial charge in [-0.3, -0.25) is 9.48 Å². The third kappa shape index (κ3) is 4.40. The Labute approximate surface area is 171 Å². The van der Waals surface area contributed by atoms with Crippen LogP contribution >= 0.6 is 0 Å². The van der Waals surface area contributed by atoms with Crippen molar-refractivity contribution in [2.45, 2.75) is 40.2 Å². The summed E-state index contributed by atoms with van der Waals surface area (Å²) in [6.07, 6.45) is 2.04. The van der Waals surface area contributed by atoms with Crippen LogP contribution in [0.5, 0.6) is 0 Å². The summed E-state index contributed by atoms with van der Waals surface area (Å²) in [4.78, 5) is 12.6. The third-order valence-corrected chi connectivity index (χ3v) is 7.10. The Bertz CT molecular complexity index is 1150. The van der Waals surface area contributed by atoms with Gasteiger partial charge in [0.1, 0.15) is 11.6 Å². The molecule has 1 saturated heterocycles. The molecule has 1 atom stereocenters. The molecule has 0 unspecified atom stereocenters. The van der Waals surface area contributed by atoms with E-state index in [-0.39, 0.29) is 23.1 Å². The Kier molecular flexibility index (Phi) is 5.62. The lowest BCUT2D eigenvalue weighted by Gasteiger charge is -2.11. The van der Waals surface area contributed by atoms with Crippen molar-refractivity contribution < 1.29 is 13.2 Å². The molecule has 152 valence electrons. The van der Waals surface area contributed by atoms with Gasteiger partial charge in [-0.05, 0) is 63.5 Å². The summed E-state index contributed by atoms with van der Waals surface area (Å²) in [6.45, 7) is 7.55. The van der Waals surface area contributed by atoms with Crippen LogP contribution in [0.4, 0.5) is 5.69 Å². The van der Waals surface area contributed by atoms with Crippen molar-refractivity contribution in [2.75, 3.05) is 16.8 Å². The Morgan fingerprint density at radius 1 is 1.28 bits per heavy atom. The molecular formula is C21H24N4O3S. The van der Waals surface area contributed by atoms with Crippen molar-refractivity contribution in [3.05, 3.63) is 51.9 Å². The average molecular weight is 413 g/mol. The molecule has 0 saturated carbocycles.